The molecule has 0 aliphatic heterocycles. The minimum Gasteiger partial charge on any atom is -0.464 e. The quantitative estimate of drug-likeness (QED) is 0.213. The summed E-state index contributed by atoms with van der Waals surface area (Å²) >= 11 is 0. The molecule has 34 heavy (non-hydrogen) atoms. The Morgan fingerprint density at radius 2 is 1.62 bits per heavy atom. The minimum atomic E-state index is -5.81. The molecule has 0 fully saturated rings. The summed E-state index contributed by atoms with van der Waals surface area (Å²) in [5.74, 6) is -1.27. The third-order valence-electron chi connectivity index (χ3n) is 4.38. The van der Waals surface area contributed by atoms with Crippen LogP contribution >= 0.6 is 0 Å². The standard InChI is InChI=1S/C22H24F3NO7S/c1-2-3-13-31-20(27)19(26-21(28)32-15-17-7-5-4-6-8-17)14-16-9-11-18(12-10-16)33-34(29,30)22(23,24)25/h4-12,19H,2-3,13-15H2,1H3,(H,26,28)/t19-/m0/s1. The van der Waals surface area contributed by atoms with Crippen LogP contribution in [0.2, 0.25) is 0 Å². The summed E-state index contributed by atoms with van der Waals surface area (Å²) < 4.78 is 74.0. The van der Waals surface area contributed by atoms with E-state index in [1.807, 2.05) is 6.92 Å². The molecule has 1 atom stereocenters. The molecular weight excluding hydrogens is 479 g/mol. The SMILES string of the molecule is CCCCOC(=O)[C@H](Cc1ccc(OS(=O)(=O)C(F)(F)F)cc1)NC(=O)OCc1ccccc1. The van der Waals surface area contributed by atoms with Gasteiger partial charge in [0.05, 0.1) is 6.61 Å². The summed E-state index contributed by atoms with van der Waals surface area (Å²) in [4.78, 5) is 24.7. The second-order valence-corrected chi connectivity index (χ2v) is 8.65. The van der Waals surface area contributed by atoms with Crippen molar-refractivity contribution in [1.82, 2.24) is 5.32 Å². The molecule has 0 saturated carbocycles. The fraction of sp³-hybridized carbons (Fsp3) is 0.364. The summed E-state index contributed by atoms with van der Waals surface area (Å²) in [7, 11) is -5.81. The van der Waals surface area contributed by atoms with Crippen molar-refractivity contribution < 1.29 is 44.8 Å². The molecule has 8 nitrogen and oxygen atoms in total. The smallest absolute Gasteiger partial charge is 0.464 e. The van der Waals surface area contributed by atoms with Gasteiger partial charge in [0.1, 0.15) is 18.4 Å². The molecule has 1 N–H and O–H groups in total. The summed E-state index contributed by atoms with van der Waals surface area (Å²) in [6.07, 6.45) is 0.457. The highest BCUT2D eigenvalue weighted by Gasteiger charge is 2.48. The van der Waals surface area contributed by atoms with Gasteiger partial charge in [0, 0.05) is 6.42 Å². The first-order chi connectivity index (χ1) is 16.0. The molecule has 0 heterocycles. The lowest BCUT2D eigenvalue weighted by Crippen LogP contribution is -2.43. The zero-order chi connectivity index (χ0) is 25.2. The maximum Gasteiger partial charge on any atom is 0.534 e. The molecule has 0 bridgehead atoms. The van der Waals surface area contributed by atoms with Crippen molar-refractivity contribution in [3.05, 3.63) is 65.7 Å². The van der Waals surface area contributed by atoms with Gasteiger partial charge < -0.3 is 19.0 Å². The zero-order valence-corrected chi connectivity index (χ0v) is 19.0. The van der Waals surface area contributed by atoms with Crippen LogP contribution in [-0.4, -0.2) is 38.6 Å². The summed E-state index contributed by atoms with van der Waals surface area (Å²) in [6.45, 7) is 2.03. The predicted octanol–water partition coefficient (Wildman–Crippen LogP) is 4.10. The fourth-order valence-electron chi connectivity index (χ4n) is 2.61. The number of unbranched alkanes of at least 4 members (excludes halogenated alkanes) is 1. The van der Waals surface area contributed by atoms with Crippen LogP contribution in [0.5, 0.6) is 5.75 Å². The highest BCUT2D eigenvalue weighted by Crippen LogP contribution is 2.27. The second kappa shape index (κ2) is 12.3. The number of esters is 1. The molecule has 0 aliphatic carbocycles. The second-order valence-electron chi connectivity index (χ2n) is 7.11. The molecule has 12 heteroatoms. The van der Waals surface area contributed by atoms with E-state index in [0.29, 0.717) is 12.0 Å². The van der Waals surface area contributed by atoms with E-state index < -0.39 is 39.5 Å². The predicted molar refractivity (Wildman–Crippen MR) is 115 cm³/mol. The van der Waals surface area contributed by atoms with Crippen LogP contribution in [0.4, 0.5) is 18.0 Å². The van der Waals surface area contributed by atoms with Crippen LogP contribution < -0.4 is 9.50 Å². The van der Waals surface area contributed by atoms with E-state index in [1.165, 1.54) is 12.1 Å². The molecule has 0 spiro atoms. The summed E-state index contributed by atoms with van der Waals surface area (Å²) in [5.41, 5.74) is -4.43. The first-order valence-electron chi connectivity index (χ1n) is 10.3. The van der Waals surface area contributed by atoms with E-state index in [1.54, 1.807) is 30.3 Å². The Hall–Kier alpha value is -3.28. The van der Waals surface area contributed by atoms with E-state index in [0.717, 1.165) is 24.1 Å². The maximum absolute atomic E-state index is 12.5. The van der Waals surface area contributed by atoms with Gasteiger partial charge in [-0.25, -0.2) is 9.59 Å². The number of hydrogen-bond donors (Lipinski definition) is 1. The normalized spacial score (nSPS) is 12.5. The lowest BCUT2D eigenvalue weighted by Gasteiger charge is -2.18. The van der Waals surface area contributed by atoms with E-state index in [4.69, 9.17) is 9.47 Å². The van der Waals surface area contributed by atoms with Crippen molar-refractivity contribution in [2.45, 2.75) is 44.3 Å². The topological polar surface area (TPSA) is 108 Å². The number of alkyl carbamates (subject to hydrolysis) is 1. The van der Waals surface area contributed by atoms with E-state index in [9.17, 15) is 31.2 Å². The Labute approximate surface area is 195 Å². The first kappa shape index (κ1) is 27.0. The average molecular weight is 503 g/mol. The van der Waals surface area contributed by atoms with Gasteiger partial charge in [-0.15, -0.1) is 0 Å². The third kappa shape index (κ3) is 8.58. The Bertz CT molecular complexity index is 1040. The lowest BCUT2D eigenvalue weighted by atomic mass is 10.1. The molecule has 0 radical (unpaired) electrons. The van der Waals surface area contributed by atoms with Crippen LogP contribution in [-0.2, 0) is 37.4 Å². The minimum absolute atomic E-state index is 0.0238. The number of halogens is 3. The van der Waals surface area contributed by atoms with Gasteiger partial charge in [0.2, 0.25) is 0 Å². The Morgan fingerprint density at radius 3 is 2.21 bits per heavy atom. The Morgan fingerprint density at radius 1 is 0.971 bits per heavy atom. The summed E-state index contributed by atoms with van der Waals surface area (Å²) in [6, 6.07) is 12.3. The van der Waals surface area contributed by atoms with Gasteiger partial charge in [-0.3, -0.25) is 0 Å². The van der Waals surface area contributed by atoms with Crippen LogP contribution in [0.15, 0.2) is 54.6 Å². The number of rotatable bonds is 11. The first-order valence-corrected chi connectivity index (χ1v) is 11.7. The van der Waals surface area contributed by atoms with Gasteiger partial charge in [0.25, 0.3) is 0 Å². The molecule has 0 aliphatic rings. The average Bonchev–Trinajstić information content (AvgIpc) is 2.78. The number of ether oxygens (including phenoxy) is 2. The van der Waals surface area contributed by atoms with Crippen LogP contribution in [0, 0.1) is 0 Å². The van der Waals surface area contributed by atoms with Crippen LogP contribution in [0.25, 0.3) is 0 Å². The van der Waals surface area contributed by atoms with Crippen LogP contribution in [0.1, 0.15) is 30.9 Å². The number of carbonyl (C=O) groups excluding carboxylic acids is 2. The summed E-state index contributed by atoms with van der Waals surface area (Å²) in [5, 5.41) is 2.42. The molecule has 0 saturated heterocycles. The lowest BCUT2D eigenvalue weighted by molar-refractivity contribution is -0.146. The Balaban J connectivity index is 2.05. The molecule has 2 aromatic carbocycles. The highest BCUT2D eigenvalue weighted by molar-refractivity contribution is 7.88. The van der Waals surface area contributed by atoms with Crippen molar-refractivity contribution in [2.75, 3.05) is 6.61 Å². The van der Waals surface area contributed by atoms with Crippen molar-refractivity contribution in [2.24, 2.45) is 0 Å². The molecule has 2 aromatic rings. The highest BCUT2D eigenvalue weighted by atomic mass is 32.2. The molecule has 0 unspecified atom stereocenters. The van der Waals surface area contributed by atoms with Gasteiger partial charge in [-0.05, 0) is 29.7 Å². The largest absolute Gasteiger partial charge is 0.534 e. The number of hydrogen-bond acceptors (Lipinski definition) is 7. The molecule has 1 amide bonds. The van der Waals surface area contributed by atoms with Gasteiger partial charge in [-0.2, -0.15) is 21.6 Å². The van der Waals surface area contributed by atoms with E-state index in [-0.39, 0.29) is 19.6 Å². The number of alkyl halides is 3. The molecule has 186 valence electrons. The van der Waals surface area contributed by atoms with Gasteiger partial charge in [-0.1, -0.05) is 55.8 Å². The number of benzene rings is 2. The van der Waals surface area contributed by atoms with Crippen molar-refractivity contribution in [3.63, 3.8) is 0 Å². The fourth-order valence-corrected chi connectivity index (χ4v) is 3.07. The van der Waals surface area contributed by atoms with E-state index >= 15 is 0 Å². The Kier molecular flexibility index (Phi) is 9.72. The molecule has 0 aromatic heterocycles. The number of amides is 1. The number of carbonyl (C=O) groups is 2. The van der Waals surface area contributed by atoms with E-state index in [2.05, 4.69) is 9.50 Å². The van der Waals surface area contributed by atoms with Crippen molar-refractivity contribution in [1.29, 1.82) is 0 Å². The zero-order valence-electron chi connectivity index (χ0n) is 18.2. The van der Waals surface area contributed by atoms with Crippen molar-refractivity contribution in [3.8, 4) is 5.75 Å². The molecular formula is C22H24F3NO7S. The maximum atomic E-state index is 12.5. The van der Waals surface area contributed by atoms with Gasteiger partial charge >= 0.3 is 27.7 Å². The van der Waals surface area contributed by atoms with Crippen LogP contribution in [0.3, 0.4) is 0 Å². The number of nitrogens with one attached hydrogen (secondary N) is 1. The molecule has 2 rings (SSSR count). The monoisotopic (exact) mass is 503 g/mol. The van der Waals surface area contributed by atoms with Crippen molar-refractivity contribution >= 4 is 22.2 Å². The third-order valence-corrected chi connectivity index (χ3v) is 5.36. The van der Waals surface area contributed by atoms with Gasteiger partial charge in [0.15, 0.2) is 0 Å².